The Morgan fingerprint density at radius 1 is 1.35 bits per heavy atom. The molecule has 1 N–H and O–H groups in total. The van der Waals surface area contributed by atoms with Gasteiger partial charge in [-0.2, -0.15) is 5.26 Å². The van der Waals surface area contributed by atoms with E-state index < -0.39 is 6.04 Å². The lowest BCUT2D eigenvalue weighted by Gasteiger charge is -2.10. The van der Waals surface area contributed by atoms with Crippen LogP contribution in [0.15, 0.2) is 24.3 Å². The Kier molecular flexibility index (Phi) is 6.58. The lowest BCUT2D eigenvalue weighted by atomic mass is 10.1. The first kappa shape index (κ1) is 16.0. The van der Waals surface area contributed by atoms with Crippen LogP contribution in [0.25, 0.3) is 0 Å². The van der Waals surface area contributed by atoms with Gasteiger partial charge in [0.25, 0.3) is 0 Å². The molecule has 0 heterocycles. The van der Waals surface area contributed by atoms with Crippen molar-refractivity contribution in [3.63, 3.8) is 0 Å². The number of carbonyl (C=O) groups excluding carboxylic acids is 1. The van der Waals surface area contributed by atoms with Crippen LogP contribution in [0, 0.1) is 17.2 Å². The predicted molar refractivity (Wildman–Crippen MR) is 78.3 cm³/mol. The zero-order chi connectivity index (χ0) is 15.0. The van der Waals surface area contributed by atoms with E-state index in [0.29, 0.717) is 18.9 Å². The number of carbonyl (C=O) groups is 1. The van der Waals surface area contributed by atoms with Gasteiger partial charge in [0.15, 0.2) is 0 Å². The van der Waals surface area contributed by atoms with Crippen molar-refractivity contribution in [3.8, 4) is 11.8 Å². The molecule has 1 amide bonds. The van der Waals surface area contributed by atoms with Crippen LogP contribution >= 0.6 is 0 Å². The van der Waals surface area contributed by atoms with Crippen LogP contribution in [0.4, 0.5) is 0 Å². The van der Waals surface area contributed by atoms with Crippen LogP contribution in [0.1, 0.15) is 32.8 Å². The maximum absolute atomic E-state index is 11.7. The third-order valence-electron chi connectivity index (χ3n) is 2.77. The molecule has 4 nitrogen and oxygen atoms in total. The number of hydrogen-bond donors (Lipinski definition) is 1. The summed E-state index contributed by atoms with van der Waals surface area (Å²) < 4.78 is 5.58. The lowest BCUT2D eigenvalue weighted by Crippen LogP contribution is -2.34. The summed E-state index contributed by atoms with van der Waals surface area (Å²) in [6.45, 7) is 6.74. The van der Waals surface area contributed by atoms with Gasteiger partial charge in [-0.15, -0.1) is 0 Å². The van der Waals surface area contributed by atoms with E-state index in [1.165, 1.54) is 0 Å². The molecule has 0 bridgehead atoms. The van der Waals surface area contributed by atoms with E-state index in [4.69, 9.17) is 10.00 Å². The largest absolute Gasteiger partial charge is 0.493 e. The number of nitrogens with zero attached hydrogens (tertiary/aromatic N) is 1. The van der Waals surface area contributed by atoms with E-state index in [1.54, 1.807) is 0 Å². The van der Waals surface area contributed by atoms with Crippen LogP contribution in [0.2, 0.25) is 0 Å². The first-order valence-electron chi connectivity index (χ1n) is 6.95. The molecule has 1 rings (SSSR count). The first-order valence-corrected chi connectivity index (χ1v) is 6.95. The van der Waals surface area contributed by atoms with Gasteiger partial charge in [-0.1, -0.05) is 32.9 Å². The van der Waals surface area contributed by atoms with E-state index in [9.17, 15) is 4.79 Å². The number of hydrogen-bond acceptors (Lipinski definition) is 3. The zero-order valence-corrected chi connectivity index (χ0v) is 12.3. The monoisotopic (exact) mass is 274 g/mol. The van der Waals surface area contributed by atoms with Gasteiger partial charge in [-0.05, 0) is 30.0 Å². The van der Waals surface area contributed by atoms with Crippen LogP contribution in [-0.2, 0) is 11.2 Å². The number of benzene rings is 1. The molecule has 0 spiro atoms. The fraction of sp³-hybridized carbons (Fsp3) is 0.500. The van der Waals surface area contributed by atoms with Gasteiger partial charge in [0.1, 0.15) is 11.8 Å². The van der Waals surface area contributed by atoms with Crippen LogP contribution in [-0.4, -0.2) is 18.6 Å². The topological polar surface area (TPSA) is 62.1 Å². The predicted octanol–water partition coefficient (Wildman–Crippen LogP) is 2.68. The summed E-state index contributed by atoms with van der Waals surface area (Å²) in [5, 5.41) is 11.5. The summed E-state index contributed by atoms with van der Waals surface area (Å²) in [5.74, 6) is 1.16. The standard InChI is InChI=1S/C16H22N2O2/c1-4-14(10-17)18-16(19)9-13-5-7-15(8-6-13)20-11-12(2)3/h5-8,12,14H,4,9,11H2,1-3H3,(H,18,19). The van der Waals surface area contributed by atoms with Crippen LogP contribution < -0.4 is 10.1 Å². The fourth-order valence-electron chi connectivity index (χ4n) is 1.62. The highest BCUT2D eigenvalue weighted by Crippen LogP contribution is 2.13. The molecule has 108 valence electrons. The number of amides is 1. The van der Waals surface area contributed by atoms with Crippen molar-refractivity contribution < 1.29 is 9.53 Å². The van der Waals surface area contributed by atoms with Gasteiger partial charge >= 0.3 is 0 Å². The van der Waals surface area contributed by atoms with E-state index >= 15 is 0 Å². The Hall–Kier alpha value is -2.02. The smallest absolute Gasteiger partial charge is 0.225 e. The van der Waals surface area contributed by atoms with E-state index in [-0.39, 0.29) is 12.3 Å². The minimum absolute atomic E-state index is 0.130. The molecule has 1 atom stereocenters. The molecule has 0 radical (unpaired) electrons. The molecular formula is C16H22N2O2. The van der Waals surface area contributed by atoms with Crippen molar-refractivity contribution in [3.05, 3.63) is 29.8 Å². The second-order valence-electron chi connectivity index (χ2n) is 5.18. The first-order chi connectivity index (χ1) is 9.55. The van der Waals surface area contributed by atoms with Crippen molar-refractivity contribution in [2.45, 2.75) is 39.7 Å². The molecular weight excluding hydrogens is 252 g/mol. The highest BCUT2D eigenvalue weighted by Gasteiger charge is 2.09. The minimum Gasteiger partial charge on any atom is -0.493 e. The van der Waals surface area contributed by atoms with Gasteiger partial charge in [-0.25, -0.2) is 0 Å². The molecule has 0 aliphatic rings. The van der Waals surface area contributed by atoms with Gasteiger partial charge in [0.05, 0.1) is 19.1 Å². The summed E-state index contributed by atoms with van der Waals surface area (Å²) in [4.78, 5) is 11.7. The van der Waals surface area contributed by atoms with Crippen molar-refractivity contribution in [1.29, 1.82) is 5.26 Å². The van der Waals surface area contributed by atoms with Crippen molar-refractivity contribution in [2.24, 2.45) is 5.92 Å². The van der Waals surface area contributed by atoms with Gasteiger partial charge < -0.3 is 10.1 Å². The lowest BCUT2D eigenvalue weighted by molar-refractivity contribution is -0.120. The summed E-state index contributed by atoms with van der Waals surface area (Å²) in [7, 11) is 0. The summed E-state index contributed by atoms with van der Waals surface area (Å²) >= 11 is 0. The maximum atomic E-state index is 11.7. The number of ether oxygens (including phenoxy) is 1. The highest BCUT2D eigenvalue weighted by molar-refractivity contribution is 5.79. The molecule has 1 aromatic carbocycles. The maximum Gasteiger partial charge on any atom is 0.225 e. The normalized spacial score (nSPS) is 11.8. The second-order valence-corrected chi connectivity index (χ2v) is 5.18. The number of rotatable bonds is 7. The molecule has 0 aliphatic heterocycles. The Balaban J connectivity index is 2.49. The van der Waals surface area contributed by atoms with Crippen LogP contribution in [0.5, 0.6) is 5.75 Å². The fourth-order valence-corrected chi connectivity index (χ4v) is 1.62. The molecule has 1 aromatic rings. The molecule has 4 heteroatoms. The van der Waals surface area contributed by atoms with Gasteiger partial charge in [-0.3, -0.25) is 4.79 Å². The molecule has 0 aliphatic carbocycles. The van der Waals surface area contributed by atoms with E-state index in [2.05, 4.69) is 25.2 Å². The Labute approximate surface area is 120 Å². The second kappa shape index (κ2) is 8.21. The average Bonchev–Trinajstić information content (AvgIpc) is 2.44. The highest BCUT2D eigenvalue weighted by atomic mass is 16.5. The Morgan fingerprint density at radius 2 is 2.00 bits per heavy atom. The quantitative estimate of drug-likeness (QED) is 0.831. The average molecular weight is 274 g/mol. The van der Waals surface area contributed by atoms with E-state index in [0.717, 1.165) is 11.3 Å². The minimum atomic E-state index is -0.406. The van der Waals surface area contributed by atoms with Crippen molar-refractivity contribution in [1.82, 2.24) is 5.32 Å². The number of nitriles is 1. The van der Waals surface area contributed by atoms with Gasteiger partial charge in [0, 0.05) is 0 Å². The van der Waals surface area contributed by atoms with Crippen molar-refractivity contribution in [2.75, 3.05) is 6.61 Å². The summed E-state index contributed by atoms with van der Waals surface area (Å²) in [6.07, 6.45) is 0.896. The molecule has 1 unspecified atom stereocenters. The third-order valence-corrected chi connectivity index (χ3v) is 2.77. The molecule has 0 aromatic heterocycles. The SMILES string of the molecule is CCC(C#N)NC(=O)Cc1ccc(OCC(C)C)cc1. The molecule has 0 saturated heterocycles. The zero-order valence-electron chi connectivity index (χ0n) is 12.3. The van der Waals surface area contributed by atoms with Crippen LogP contribution in [0.3, 0.4) is 0 Å². The Bertz CT molecular complexity index is 460. The Morgan fingerprint density at radius 3 is 2.50 bits per heavy atom. The molecule has 20 heavy (non-hydrogen) atoms. The van der Waals surface area contributed by atoms with Gasteiger partial charge in [0.2, 0.25) is 5.91 Å². The summed E-state index contributed by atoms with van der Waals surface area (Å²) in [5.41, 5.74) is 0.909. The number of nitrogens with one attached hydrogen (secondary N) is 1. The van der Waals surface area contributed by atoms with Crippen molar-refractivity contribution >= 4 is 5.91 Å². The third kappa shape index (κ3) is 5.75. The summed E-state index contributed by atoms with van der Waals surface area (Å²) in [6, 6.07) is 9.14. The van der Waals surface area contributed by atoms with E-state index in [1.807, 2.05) is 31.2 Å². The molecule has 0 fully saturated rings. The molecule has 0 saturated carbocycles.